The Balaban J connectivity index is 2.37. The molecule has 1 rings (SSSR count). The van der Waals surface area contributed by atoms with E-state index in [9.17, 15) is 4.79 Å². The first-order valence-electron chi connectivity index (χ1n) is 5.48. The van der Waals surface area contributed by atoms with Crippen molar-refractivity contribution >= 4 is 5.91 Å². The van der Waals surface area contributed by atoms with Crippen LogP contribution in [-0.2, 0) is 4.79 Å². The van der Waals surface area contributed by atoms with Gasteiger partial charge in [0.2, 0.25) is 5.91 Å². The summed E-state index contributed by atoms with van der Waals surface area (Å²) in [5.74, 6) is -0.102. The van der Waals surface area contributed by atoms with Crippen molar-refractivity contribution in [1.82, 2.24) is 10.2 Å². The first kappa shape index (κ1) is 13.3. The molecule has 1 unspecified atom stereocenters. The van der Waals surface area contributed by atoms with E-state index in [1.54, 1.807) is 12.1 Å². The van der Waals surface area contributed by atoms with E-state index >= 15 is 0 Å². The lowest BCUT2D eigenvalue weighted by molar-refractivity contribution is -0.121. The molecule has 1 N–H and O–H groups in total. The summed E-state index contributed by atoms with van der Waals surface area (Å²) in [6.45, 7) is 1.37. The second kappa shape index (κ2) is 6.71. The van der Waals surface area contributed by atoms with E-state index in [1.165, 1.54) is 6.26 Å². The number of nitrogens with one attached hydrogen (secondary N) is 1. The van der Waals surface area contributed by atoms with E-state index in [0.717, 1.165) is 6.54 Å². The summed E-state index contributed by atoms with van der Waals surface area (Å²) in [5, 5.41) is 11.7. The molecule has 1 amide bonds. The number of hydrogen-bond acceptors (Lipinski definition) is 4. The van der Waals surface area contributed by atoms with Crippen LogP contribution in [0.15, 0.2) is 22.8 Å². The Morgan fingerprint density at radius 2 is 2.41 bits per heavy atom. The second-order valence-electron chi connectivity index (χ2n) is 4.05. The number of nitriles is 1. The van der Waals surface area contributed by atoms with Gasteiger partial charge < -0.3 is 14.6 Å². The van der Waals surface area contributed by atoms with Gasteiger partial charge in [-0.2, -0.15) is 5.26 Å². The molecule has 0 spiro atoms. The lowest BCUT2D eigenvalue weighted by Crippen LogP contribution is -2.31. The largest absolute Gasteiger partial charge is 0.468 e. The SMILES string of the molecule is CN(C)CCNC(=O)CC(C#N)c1ccco1. The molecule has 0 saturated carbocycles. The van der Waals surface area contributed by atoms with Gasteiger partial charge in [0, 0.05) is 19.5 Å². The Bertz CT molecular complexity index is 379. The predicted molar refractivity (Wildman–Crippen MR) is 63.2 cm³/mol. The van der Waals surface area contributed by atoms with E-state index in [1.807, 2.05) is 19.0 Å². The Kier molecular flexibility index (Phi) is 5.24. The van der Waals surface area contributed by atoms with Crippen LogP contribution in [0.2, 0.25) is 0 Å². The van der Waals surface area contributed by atoms with Gasteiger partial charge in [-0.1, -0.05) is 0 Å². The van der Waals surface area contributed by atoms with Crippen LogP contribution in [0.4, 0.5) is 0 Å². The van der Waals surface area contributed by atoms with E-state index in [2.05, 4.69) is 11.4 Å². The predicted octanol–water partition coefficient (Wildman–Crippen LogP) is 0.955. The van der Waals surface area contributed by atoms with Gasteiger partial charge >= 0.3 is 0 Å². The summed E-state index contributed by atoms with van der Waals surface area (Å²) in [4.78, 5) is 13.5. The van der Waals surface area contributed by atoms with Crippen molar-refractivity contribution in [3.05, 3.63) is 24.2 Å². The monoisotopic (exact) mass is 235 g/mol. The number of likely N-dealkylation sites (N-methyl/N-ethyl adjacent to an activating group) is 1. The van der Waals surface area contributed by atoms with Gasteiger partial charge in [0.05, 0.1) is 12.3 Å². The first-order valence-corrected chi connectivity index (χ1v) is 5.48. The minimum absolute atomic E-state index is 0.130. The first-order chi connectivity index (χ1) is 8.13. The number of hydrogen-bond donors (Lipinski definition) is 1. The second-order valence-corrected chi connectivity index (χ2v) is 4.05. The third-order valence-corrected chi connectivity index (χ3v) is 2.31. The van der Waals surface area contributed by atoms with Crippen LogP contribution in [0.3, 0.4) is 0 Å². The van der Waals surface area contributed by atoms with E-state index in [-0.39, 0.29) is 12.3 Å². The van der Waals surface area contributed by atoms with Crippen molar-refractivity contribution in [3.8, 4) is 6.07 Å². The lowest BCUT2D eigenvalue weighted by atomic mass is 10.0. The molecule has 1 atom stereocenters. The maximum atomic E-state index is 11.6. The summed E-state index contributed by atoms with van der Waals surface area (Å²) < 4.78 is 5.12. The Morgan fingerprint density at radius 3 is 2.94 bits per heavy atom. The van der Waals surface area contributed by atoms with Gasteiger partial charge in [-0.3, -0.25) is 4.79 Å². The van der Waals surface area contributed by atoms with Crippen molar-refractivity contribution in [3.63, 3.8) is 0 Å². The lowest BCUT2D eigenvalue weighted by Gasteiger charge is -2.11. The molecule has 0 aliphatic rings. The summed E-state index contributed by atoms with van der Waals surface area (Å²) in [7, 11) is 3.88. The zero-order valence-electron chi connectivity index (χ0n) is 10.1. The third-order valence-electron chi connectivity index (χ3n) is 2.31. The fourth-order valence-electron chi connectivity index (χ4n) is 1.38. The zero-order chi connectivity index (χ0) is 12.7. The highest BCUT2D eigenvalue weighted by molar-refractivity contribution is 5.77. The highest BCUT2D eigenvalue weighted by Crippen LogP contribution is 2.18. The van der Waals surface area contributed by atoms with Crippen molar-refractivity contribution in [2.75, 3.05) is 27.2 Å². The van der Waals surface area contributed by atoms with Gasteiger partial charge in [0.1, 0.15) is 11.7 Å². The van der Waals surface area contributed by atoms with Crippen LogP contribution in [0.25, 0.3) is 0 Å². The molecule has 0 radical (unpaired) electrons. The maximum Gasteiger partial charge on any atom is 0.221 e. The van der Waals surface area contributed by atoms with Crippen LogP contribution >= 0.6 is 0 Å². The molecule has 92 valence electrons. The fourth-order valence-corrected chi connectivity index (χ4v) is 1.38. The van der Waals surface area contributed by atoms with Crippen molar-refractivity contribution in [2.45, 2.75) is 12.3 Å². The summed E-state index contributed by atoms with van der Waals surface area (Å²) in [5.41, 5.74) is 0. The summed E-state index contributed by atoms with van der Waals surface area (Å²) in [6.07, 6.45) is 1.64. The maximum absolute atomic E-state index is 11.6. The standard InChI is InChI=1S/C12H17N3O2/c1-15(2)6-5-14-12(16)8-10(9-13)11-4-3-7-17-11/h3-4,7,10H,5-6,8H2,1-2H3,(H,14,16). The number of amides is 1. The molecule has 0 fully saturated rings. The Morgan fingerprint density at radius 1 is 1.65 bits per heavy atom. The summed E-state index contributed by atoms with van der Waals surface area (Å²) in [6, 6.07) is 5.49. The molecule has 1 heterocycles. The van der Waals surface area contributed by atoms with Gasteiger partial charge in [-0.05, 0) is 26.2 Å². The third kappa shape index (κ3) is 4.70. The van der Waals surface area contributed by atoms with Gasteiger partial charge in [0.15, 0.2) is 0 Å². The van der Waals surface area contributed by atoms with Crippen molar-refractivity contribution in [2.24, 2.45) is 0 Å². The molecule has 0 saturated heterocycles. The number of rotatable bonds is 6. The Labute approximate surface area is 101 Å². The molecular weight excluding hydrogens is 218 g/mol. The number of nitrogens with zero attached hydrogens (tertiary/aromatic N) is 2. The number of carbonyl (C=O) groups excluding carboxylic acids is 1. The fraction of sp³-hybridized carbons (Fsp3) is 0.500. The molecular formula is C12H17N3O2. The highest BCUT2D eigenvalue weighted by atomic mass is 16.3. The zero-order valence-corrected chi connectivity index (χ0v) is 10.1. The quantitative estimate of drug-likeness (QED) is 0.797. The van der Waals surface area contributed by atoms with E-state index < -0.39 is 5.92 Å². The number of furan rings is 1. The number of carbonyl (C=O) groups is 1. The molecule has 0 aliphatic carbocycles. The molecule has 1 aromatic heterocycles. The molecule has 0 aromatic carbocycles. The normalized spacial score (nSPS) is 12.1. The Hall–Kier alpha value is -1.80. The average Bonchev–Trinajstić information content (AvgIpc) is 2.78. The van der Waals surface area contributed by atoms with Gasteiger partial charge in [-0.25, -0.2) is 0 Å². The van der Waals surface area contributed by atoms with Crippen LogP contribution < -0.4 is 5.32 Å². The molecule has 5 nitrogen and oxygen atoms in total. The van der Waals surface area contributed by atoms with Crippen LogP contribution in [0.1, 0.15) is 18.1 Å². The minimum Gasteiger partial charge on any atom is -0.468 e. The average molecular weight is 235 g/mol. The van der Waals surface area contributed by atoms with Crippen molar-refractivity contribution in [1.29, 1.82) is 5.26 Å². The van der Waals surface area contributed by atoms with Gasteiger partial charge in [0.25, 0.3) is 0 Å². The van der Waals surface area contributed by atoms with Crippen LogP contribution in [0, 0.1) is 11.3 Å². The van der Waals surface area contributed by atoms with Crippen LogP contribution in [-0.4, -0.2) is 38.0 Å². The molecule has 1 aromatic rings. The van der Waals surface area contributed by atoms with E-state index in [0.29, 0.717) is 12.3 Å². The molecule has 0 aliphatic heterocycles. The molecule has 17 heavy (non-hydrogen) atoms. The molecule has 5 heteroatoms. The molecule has 0 bridgehead atoms. The smallest absolute Gasteiger partial charge is 0.221 e. The minimum atomic E-state index is -0.510. The van der Waals surface area contributed by atoms with E-state index in [4.69, 9.17) is 9.68 Å². The van der Waals surface area contributed by atoms with Crippen LogP contribution in [0.5, 0.6) is 0 Å². The summed E-state index contributed by atoms with van der Waals surface area (Å²) >= 11 is 0. The highest BCUT2D eigenvalue weighted by Gasteiger charge is 2.17. The van der Waals surface area contributed by atoms with Crippen molar-refractivity contribution < 1.29 is 9.21 Å². The topological polar surface area (TPSA) is 69.3 Å². The van der Waals surface area contributed by atoms with Gasteiger partial charge in [-0.15, -0.1) is 0 Å².